The summed E-state index contributed by atoms with van der Waals surface area (Å²) in [6.07, 6.45) is 3.28. The van der Waals surface area contributed by atoms with Gasteiger partial charge in [-0.25, -0.2) is 0 Å². The second-order valence-electron chi connectivity index (χ2n) is 3.07. The number of thioether (sulfide) groups is 1. The Morgan fingerprint density at radius 2 is 2.29 bits per heavy atom. The topological polar surface area (TPSA) is 0 Å². The number of aryl methyl sites for hydroxylation is 1. The highest BCUT2D eigenvalue weighted by molar-refractivity contribution is 14.1. The van der Waals surface area contributed by atoms with Crippen LogP contribution in [0.15, 0.2) is 22.4 Å². The zero-order chi connectivity index (χ0) is 10.1. The molecule has 0 aliphatic carbocycles. The average molecular weight is 334 g/mol. The van der Waals surface area contributed by atoms with Gasteiger partial charge in [-0.2, -0.15) is 0 Å². The largest absolute Gasteiger partial charge is 0.143 e. The van der Waals surface area contributed by atoms with Gasteiger partial charge in [0.1, 0.15) is 0 Å². The fourth-order valence-corrected chi connectivity index (χ4v) is 4.65. The normalized spacial score (nSPS) is 11.1. The Labute approximate surface area is 106 Å². The molecule has 2 aromatic rings. The molecule has 0 atom stereocenters. The van der Waals surface area contributed by atoms with Crippen molar-refractivity contribution in [2.45, 2.75) is 18.2 Å². The van der Waals surface area contributed by atoms with E-state index in [1.165, 1.54) is 24.1 Å². The van der Waals surface area contributed by atoms with Gasteiger partial charge in [-0.15, -0.1) is 23.1 Å². The van der Waals surface area contributed by atoms with E-state index in [9.17, 15) is 0 Å². The molecule has 0 fully saturated rings. The minimum atomic E-state index is 1.13. The molecule has 1 heterocycles. The summed E-state index contributed by atoms with van der Waals surface area (Å²) >= 11 is 6.15. The lowest BCUT2D eigenvalue weighted by molar-refractivity contribution is 1.15. The average Bonchev–Trinajstić information content (AvgIpc) is 2.65. The van der Waals surface area contributed by atoms with Gasteiger partial charge in [0.2, 0.25) is 0 Å². The summed E-state index contributed by atoms with van der Waals surface area (Å²) in [5, 5.41) is 3.63. The fraction of sp³-hybridized carbons (Fsp3) is 0.273. The summed E-state index contributed by atoms with van der Waals surface area (Å²) < 4.78 is 2.86. The van der Waals surface area contributed by atoms with Gasteiger partial charge < -0.3 is 0 Å². The molecule has 0 spiro atoms. The van der Waals surface area contributed by atoms with Crippen LogP contribution in [-0.2, 0) is 6.42 Å². The van der Waals surface area contributed by atoms with Crippen molar-refractivity contribution in [3.05, 3.63) is 26.6 Å². The number of hydrogen-bond acceptors (Lipinski definition) is 2. The molecule has 2 rings (SSSR count). The first-order valence-electron chi connectivity index (χ1n) is 4.50. The van der Waals surface area contributed by atoms with Gasteiger partial charge in [0.15, 0.2) is 0 Å². The highest BCUT2D eigenvalue weighted by Crippen LogP contribution is 2.36. The van der Waals surface area contributed by atoms with E-state index in [2.05, 4.69) is 53.3 Å². The van der Waals surface area contributed by atoms with E-state index in [-0.39, 0.29) is 0 Å². The van der Waals surface area contributed by atoms with E-state index in [0.717, 1.165) is 6.42 Å². The first-order valence-corrected chi connectivity index (χ1v) is 7.68. The summed E-state index contributed by atoms with van der Waals surface area (Å²) in [6, 6.07) is 4.57. The Bertz CT molecular complexity index is 460. The molecule has 0 nitrogen and oxygen atoms in total. The third kappa shape index (κ3) is 1.70. The van der Waals surface area contributed by atoms with Gasteiger partial charge in [-0.1, -0.05) is 6.92 Å². The van der Waals surface area contributed by atoms with Gasteiger partial charge >= 0.3 is 0 Å². The van der Waals surface area contributed by atoms with Crippen molar-refractivity contribution >= 4 is 55.8 Å². The summed E-state index contributed by atoms with van der Waals surface area (Å²) in [7, 11) is 0. The van der Waals surface area contributed by atoms with Crippen LogP contribution in [0.25, 0.3) is 10.1 Å². The minimum Gasteiger partial charge on any atom is -0.143 e. The molecule has 0 unspecified atom stereocenters. The smallest absolute Gasteiger partial charge is 0.0386 e. The van der Waals surface area contributed by atoms with Crippen molar-refractivity contribution in [3.63, 3.8) is 0 Å². The molecule has 1 aromatic heterocycles. The predicted octanol–water partition coefficient (Wildman–Crippen LogP) is 4.79. The third-order valence-corrected chi connectivity index (χ3v) is 5.36. The molecule has 1 aromatic carbocycles. The zero-order valence-corrected chi connectivity index (χ0v) is 11.9. The molecule has 0 aliphatic heterocycles. The van der Waals surface area contributed by atoms with E-state index in [1.54, 1.807) is 0 Å². The van der Waals surface area contributed by atoms with E-state index < -0.39 is 0 Å². The van der Waals surface area contributed by atoms with Crippen LogP contribution >= 0.6 is 45.7 Å². The van der Waals surface area contributed by atoms with Crippen molar-refractivity contribution in [1.82, 2.24) is 0 Å². The summed E-state index contributed by atoms with van der Waals surface area (Å²) in [6.45, 7) is 2.23. The number of halogens is 1. The maximum atomic E-state index is 2.44. The van der Waals surface area contributed by atoms with Crippen LogP contribution in [0.5, 0.6) is 0 Å². The molecule has 0 bridgehead atoms. The minimum absolute atomic E-state index is 1.13. The number of benzene rings is 1. The Hall–Kier alpha value is 0.260. The zero-order valence-electron chi connectivity index (χ0n) is 8.13. The predicted molar refractivity (Wildman–Crippen MR) is 75.7 cm³/mol. The first kappa shape index (κ1) is 10.8. The Morgan fingerprint density at radius 3 is 2.93 bits per heavy atom. The Morgan fingerprint density at radius 1 is 1.50 bits per heavy atom. The van der Waals surface area contributed by atoms with Crippen molar-refractivity contribution in [2.75, 3.05) is 6.26 Å². The molecule has 74 valence electrons. The third-order valence-electron chi connectivity index (χ3n) is 2.30. The number of rotatable bonds is 2. The van der Waals surface area contributed by atoms with Crippen molar-refractivity contribution in [3.8, 4) is 0 Å². The second-order valence-corrected chi connectivity index (χ2v) is 5.96. The molecule has 0 N–H and O–H groups in total. The molecule has 0 radical (unpaired) electrons. The number of hydrogen-bond donors (Lipinski definition) is 0. The quantitative estimate of drug-likeness (QED) is 0.562. The summed E-state index contributed by atoms with van der Waals surface area (Å²) in [4.78, 5) is 1.43. The molecule has 14 heavy (non-hydrogen) atoms. The van der Waals surface area contributed by atoms with E-state index >= 15 is 0 Å². The maximum absolute atomic E-state index is 2.44. The van der Waals surface area contributed by atoms with Crippen LogP contribution in [0, 0.1) is 3.57 Å². The second kappa shape index (κ2) is 4.41. The maximum Gasteiger partial charge on any atom is 0.0386 e. The van der Waals surface area contributed by atoms with Gasteiger partial charge in [-0.05, 0) is 58.3 Å². The lowest BCUT2D eigenvalue weighted by Crippen LogP contribution is -1.86. The first-order chi connectivity index (χ1) is 6.77. The molecular weight excluding hydrogens is 323 g/mol. The van der Waals surface area contributed by atoms with Gasteiger partial charge in [0, 0.05) is 18.6 Å². The molecule has 0 saturated carbocycles. The van der Waals surface area contributed by atoms with Crippen molar-refractivity contribution in [2.24, 2.45) is 0 Å². The van der Waals surface area contributed by atoms with Crippen LogP contribution < -0.4 is 0 Å². The van der Waals surface area contributed by atoms with Gasteiger partial charge in [-0.3, -0.25) is 0 Å². The molecule has 0 saturated heterocycles. The SMILES string of the molecule is CCc1cc(I)c(SC)c2ccsc12. The van der Waals surface area contributed by atoms with Gasteiger partial charge in [0.25, 0.3) is 0 Å². The standard InChI is InChI=1S/C11H11IS2/c1-3-7-6-9(12)11(13-2)8-4-5-14-10(7)8/h4-6H,3H2,1-2H3. The molecule has 0 amide bonds. The Kier molecular flexibility index (Phi) is 3.39. The van der Waals surface area contributed by atoms with E-state index in [0.29, 0.717) is 0 Å². The Balaban J connectivity index is 2.81. The number of fused-ring (bicyclic) bond motifs is 1. The lowest BCUT2D eigenvalue weighted by atomic mass is 10.1. The molecule has 0 aliphatic rings. The van der Waals surface area contributed by atoms with Gasteiger partial charge in [0.05, 0.1) is 0 Å². The van der Waals surface area contributed by atoms with Crippen LogP contribution in [0.1, 0.15) is 12.5 Å². The fourth-order valence-electron chi connectivity index (χ4n) is 1.62. The van der Waals surface area contributed by atoms with Crippen LogP contribution in [0.3, 0.4) is 0 Å². The highest BCUT2D eigenvalue weighted by atomic mass is 127. The van der Waals surface area contributed by atoms with Crippen molar-refractivity contribution < 1.29 is 0 Å². The molecule has 3 heteroatoms. The number of thiophene rings is 1. The van der Waals surface area contributed by atoms with Crippen LogP contribution in [0.2, 0.25) is 0 Å². The summed E-state index contributed by atoms with van der Waals surface area (Å²) in [5.41, 5.74) is 1.48. The monoisotopic (exact) mass is 334 g/mol. The van der Waals surface area contributed by atoms with Crippen molar-refractivity contribution in [1.29, 1.82) is 0 Å². The lowest BCUT2D eigenvalue weighted by Gasteiger charge is -2.07. The van der Waals surface area contributed by atoms with Crippen LogP contribution in [0.4, 0.5) is 0 Å². The summed E-state index contributed by atoms with van der Waals surface area (Å²) in [5.74, 6) is 0. The molecular formula is C11H11IS2. The van der Waals surface area contributed by atoms with E-state index in [1.807, 2.05) is 23.1 Å². The van der Waals surface area contributed by atoms with Crippen LogP contribution in [-0.4, -0.2) is 6.26 Å². The highest BCUT2D eigenvalue weighted by Gasteiger charge is 2.09. The van der Waals surface area contributed by atoms with E-state index in [4.69, 9.17) is 0 Å².